The number of carbonyl (C=O) groups excluding carboxylic acids is 1. The highest BCUT2D eigenvalue weighted by Crippen LogP contribution is 2.17. The number of aliphatic carboxylic acids is 1. The van der Waals surface area contributed by atoms with Crippen molar-refractivity contribution in [3.05, 3.63) is 24.3 Å². The average Bonchev–Trinajstić information content (AvgIpc) is 2.52. The molecule has 0 bridgehead atoms. The molecule has 0 aromatic heterocycles. The Kier molecular flexibility index (Phi) is 5.60. The molecule has 120 valence electrons. The Bertz CT molecular complexity index is 515. The first-order chi connectivity index (χ1) is 10.6. The van der Waals surface area contributed by atoms with Gasteiger partial charge in [0.25, 0.3) is 5.91 Å². The van der Waals surface area contributed by atoms with Crippen LogP contribution in [0.2, 0.25) is 0 Å². The van der Waals surface area contributed by atoms with E-state index >= 15 is 0 Å². The third kappa shape index (κ3) is 4.63. The summed E-state index contributed by atoms with van der Waals surface area (Å²) in [4.78, 5) is 24.4. The van der Waals surface area contributed by atoms with E-state index in [2.05, 4.69) is 0 Å². The van der Waals surface area contributed by atoms with Crippen LogP contribution in [-0.4, -0.2) is 61.4 Å². The van der Waals surface area contributed by atoms with Crippen LogP contribution in [-0.2, 0) is 14.3 Å². The SMILES string of the molecule is COc1ccc(OCC(=O)N2CCOC(CC(=O)O)C2)cc1. The summed E-state index contributed by atoms with van der Waals surface area (Å²) in [6, 6.07) is 6.94. The van der Waals surface area contributed by atoms with E-state index in [4.69, 9.17) is 19.3 Å². The maximum absolute atomic E-state index is 12.1. The lowest BCUT2D eigenvalue weighted by molar-refractivity contribution is -0.148. The van der Waals surface area contributed by atoms with Gasteiger partial charge in [-0.05, 0) is 24.3 Å². The van der Waals surface area contributed by atoms with Gasteiger partial charge in [-0.3, -0.25) is 9.59 Å². The van der Waals surface area contributed by atoms with Crippen molar-refractivity contribution in [3.63, 3.8) is 0 Å². The Labute approximate surface area is 128 Å². The number of methoxy groups -OCH3 is 1. The van der Waals surface area contributed by atoms with E-state index in [1.165, 1.54) is 0 Å². The van der Waals surface area contributed by atoms with Gasteiger partial charge in [-0.1, -0.05) is 0 Å². The van der Waals surface area contributed by atoms with Gasteiger partial charge in [0, 0.05) is 13.1 Å². The summed E-state index contributed by atoms with van der Waals surface area (Å²) in [5.41, 5.74) is 0. The molecule has 0 radical (unpaired) electrons. The molecule has 0 aliphatic carbocycles. The van der Waals surface area contributed by atoms with Crippen LogP contribution < -0.4 is 9.47 Å². The molecule has 0 saturated carbocycles. The summed E-state index contributed by atoms with van der Waals surface area (Å²) in [6.07, 6.45) is -0.570. The second-order valence-electron chi connectivity index (χ2n) is 4.89. The molecular weight excluding hydrogens is 290 g/mol. The number of rotatable bonds is 6. The molecule has 1 amide bonds. The molecule has 0 spiro atoms. The van der Waals surface area contributed by atoms with Gasteiger partial charge in [0.2, 0.25) is 0 Å². The fourth-order valence-electron chi connectivity index (χ4n) is 2.17. The van der Waals surface area contributed by atoms with Gasteiger partial charge in [0.05, 0.1) is 26.2 Å². The van der Waals surface area contributed by atoms with Gasteiger partial charge in [-0.2, -0.15) is 0 Å². The predicted molar refractivity (Wildman–Crippen MR) is 77.1 cm³/mol. The molecule has 1 aromatic carbocycles. The number of hydrogen-bond acceptors (Lipinski definition) is 5. The lowest BCUT2D eigenvalue weighted by Gasteiger charge is -2.32. The summed E-state index contributed by atoms with van der Waals surface area (Å²) < 4.78 is 15.8. The molecule has 1 atom stereocenters. The van der Waals surface area contributed by atoms with E-state index in [-0.39, 0.29) is 25.5 Å². The van der Waals surface area contributed by atoms with Gasteiger partial charge in [-0.25, -0.2) is 0 Å². The highest BCUT2D eigenvalue weighted by atomic mass is 16.5. The molecule has 1 heterocycles. The first kappa shape index (κ1) is 16.1. The van der Waals surface area contributed by atoms with E-state index in [9.17, 15) is 9.59 Å². The van der Waals surface area contributed by atoms with Crippen molar-refractivity contribution >= 4 is 11.9 Å². The van der Waals surface area contributed by atoms with Crippen molar-refractivity contribution in [2.24, 2.45) is 0 Å². The van der Waals surface area contributed by atoms with Crippen LogP contribution in [0.15, 0.2) is 24.3 Å². The van der Waals surface area contributed by atoms with Crippen LogP contribution in [0, 0.1) is 0 Å². The second kappa shape index (κ2) is 7.65. The first-order valence-corrected chi connectivity index (χ1v) is 6.96. The Hall–Kier alpha value is -2.28. The highest BCUT2D eigenvalue weighted by Gasteiger charge is 2.26. The Balaban J connectivity index is 1.81. The number of amides is 1. The number of carbonyl (C=O) groups is 2. The van der Waals surface area contributed by atoms with Crippen LogP contribution in [0.4, 0.5) is 0 Å². The molecule has 1 N–H and O–H groups in total. The summed E-state index contributed by atoms with van der Waals surface area (Å²) in [6.45, 7) is 0.969. The van der Waals surface area contributed by atoms with Crippen molar-refractivity contribution in [1.29, 1.82) is 0 Å². The van der Waals surface area contributed by atoms with E-state index in [0.717, 1.165) is 0 Å². The van der Waals surface area contributed by atoms with E-state index in [1.54, 1.807) is 36.3 Å². The Morgan fingerprint density at radius 2 is 2.00 bits per heavy atom. The van der Waals surface area contributed by atoms with E-state index in [1.807, 2.05) is 0 Å². The average molecular weight is 309 g/mol. The first-order valence-electron chi connectivity index (χ1n) is 6.96. The fourth-order valence-corrected chi connectivity index (χ4v) is 2.17. The number of nitrogens with zero attached hydrogens (tertiary/aromatic N) is 1. The lowest BCUT2D eigenvalue weighted by Crippen LogP contribution is -2.47. The summed E-state index contributed by atoms with van der Waals surface area (Å²) >= 11 is 0. The minimum absolute atomic E-state index is 0.0912. The van der Waals surface area contributed by atoms with Crippen LogP contribution in [0.25, 0.3) is 0 Å². The summed E-state index contributed by atoms with van der Waals surface area (Å²) in [5.74, 6) is 0.163. The molecular formula is C15H19NO6. The van der Waals surface area contributed by atoms with Crippen molar-refractivity contribution in [3.8, 4) is 11.5 Å². The van der Waals surface area contributed by atoms with E-state index in [0.29, 0.717) is 24.7 Å². The van der Waals surface area contributed by atoms with Gasteiger partial charge in [-0.15, -0.1) is 0 Å². The second-order valence-corrected chi connectivity index (χ2v) is 4.89. The van der Waals surface area contributed by atoms with Gasteiger partial charge >= 0.3 is 5.97 Å². The third-order valence-corrected chi connectivity index (χ3v) is 3.32. The van der Waals surface area contributed by atoms with Crippen molar-refractivity contribution < 1.29 is 28.9 Å². The zero-order valence-corrected chi connectivity index (χ0v) is 12.4. The fraction of sp³-hybridized carbons (Fsp3) is 0.467. The lowest BCUT2D eigenvalue weighted by atomic mass is 10.2. The smallest absolute Gasteiger partial charge is 0.306 e. The van der Waals surface area contributed by atoms with Gasteiger partial charge in [0.1, 0.15) is 11.5 Å². The zero-order chi connectivity index (χ0) is 15.9. The van der Waals surface area contributed by atoms with Crippen LogP contribution in [0.5, 0.6) is 11.5 Å². The number of hydrogen-bond donors (Lipinski definition) is 1. The molecule has 2 rings (SSSR count). The van der Waals surface area contributed by atoms with Crippen LogP contribution >= 0.6 is 0 Å². The van der Waals surface area contributed by atoms with Gasteiger partial charge < -0.3 is 24.2 Å². The standard InChI is InChI=1S/C15H19NO6/c1-20-11-2-4-12(5-3-11)22-10-14(17)16-6-7-21-13(9-16)8-15(18)19/h2-5,13H,6-10H2,1H3,(H,18,19). The van der Waals surface area contributed by atoms with Crippen molar-refractivity contribution in [2.75, 3.05) is 33.4 Å². The number of carboxylic acid groups (broad SMARTS) is 1. The number of carboxylic acids is 1. The topological polar surface area (TPSA) is 85.3 Å². The zero-order valence-electron chi connectivity index (χ0n) is 12.4. The molecule has 7 heteroatoms. The normalized spacial score (nSPS) is 17.9. The predicted octanol–water partition coefficient (Wildman–Crippen LogP) is 0.776. The Morgan fingerprint density at radius 1 is 1.32 bits per heavy atom. The Morgan fingerprint density at radius 3 is 2.64 bits per heavy atom. The number of morpholine rings is 1. The minimum atomic E-state index is -0.936. The maximum atomic E-state index is 12.1. The van der Waals surface area contributed by atoms with Crippen molar-refractivity contribution in [1.82, 2.24) is 4.90 Å². The summed E-state index contributed by atoms with van der Waals surface area (Å²) in [7, 11) is 1.57. The molecule has 1 aliphatic rings. The molecule has 1 aromatic rings. The molecule has 1 fully saturated rings. The number of ether oxygens (including phenoxy) is 3. The quantitative estimate of drug-likeness (QED) is 0.835. The maximum Gasteiger partial charge on any atom is 0.306 e. The minimum Gasteiger partial charge on any atom is -0.497 e. The third-order valence-electron chi connectivity index (χ3n) is 3.32. The largest absolute Gasteiger partial charge is 0.497 e. The molecule has 1 unspecified atom stereocenters. The van der Waals surface area contributed by atoms with Crippen LogP contribution in [0.1, 0.15) is 6.42 Å². The molecule has 1 aliphatic heterocycles. The van der Waals surface area contributed by atoms with Crippen molar-refractivity contribution in [2.45, 2.75) is 12.5 Å². The molecule has 22 heavy (non-hydrogen) atoms. The highest BCUT2D eigenvalue weighted by molar-refractivity contribution is 5.78. The van der Waals surface area contributed by atoms with E-state index < -0.39 is 12.1 Å². The van der Waals surface area contributed by atoms with Gasteiger partial charge in [0.15, 0.2) is 6.61 Å². The summed E-state index contributed by atoms with van der Waals surface area (Å²) in [5, 5.41) is 8.77. The number of benzene rings is 1. The molecule has 7 nitrogen and oxygen atoms in total. The van der Waals surface area contributed by atoms with Crippen LogP contribution in [0.3, 0.4) is 0 Å². The monoisotopic (exact) mass is 309 g/mol. The molecule has 1 saturated heterocycles.